The molecule has 0 bridgehead atoms. The van der Waals surface area contributed by atoms with Crippen molar-refractivity contribution >= 4 is 5.91 Å². The molecule has 0 saturated heterocycles. The Morgan fingerprint density at radius 2 is 1.60 bits per heavy atom. The van der Waals surface area contributed by atoms with Crippen molar-refractivity contribution in [1.29, 1.82) is 0 Å². The molecule has 3 rings (SSSR count). The van der Waals surface area contributed by atoms with E-state index in [0.717, 1.165) is 50.7 Å². The van der Waals surface area contributed by atoms with Gasteiger partial charge in [0.25, 0.3) is 0 Å². The maximum absolute atomic E-state index is 12.4. The number of aryl methyl sites for hydroxylation is 1. The first kappa shape index (κ1) is 21.6. The van der Waals surface area contributed by atoms with Gasteiger partial charge in [-0.05, 0) is 66.8 Å². The number of carbonyl (C=O) groups excluding carboxylic acids is 1. The molecule has 0 radical (unpaired) electrons. The van der Waals surface area contributed by atoms with E-state index in [2.05, 4.69) is 38.0 Å². The third-order valence-corrected chi connectivity index (χ3v) is 5.45. The Morgan fingerprint density at radius 1 is 0.933 bits per heavy atom. The van der Waals surface area contributed by atoms with Gasteiger partial charge >= 0.3 is 0 Å². The van der Waals surface area contributed by atoms with Gasteiger partial charge in [0, 0.05) is 23.6 Å². The lowest BCUT2D eigenvalue weighted by Gasteiger charge is -2.23. The van der Waals surface area contributed by atoms with Crippen LogP contribution in [-0.4, -0.2) is 29.9 Å². The summed E-state index contributed by atoms with van der Waals surface area (Å²) in [5, 5.41) is 4.62. The SMILES string of the molecule is COc1ccc(-c2cc(-c3cc(C)c(C)c(OC)c3)nn2C(C)=O)cc1C(C)(C)C. The van der Waals surface area contributed by atoms with Gasteiger partial charge in [0.2, 0.25) is 5.91 Å². The van der Waals surface area contributed by atoms with Crippen LogP contribution < -0.4 is 9.47 Å². The standard InChI is InChI=1S/C25H30N2O3/c1-15-11-19(13-24(30-8)16(15)2)21-14-22(27(26-21)17(3)28)18-9-10-23(29-7)20(12-18)25(4,5)6/h9-14H,1-8H3. The van der Waals surface area contributed by atoms with Gasteiger partial charge < -0.3 is 9.47 Å². The van der Waals surface area contributed by atoms with Gasteiger partial charge in [0.1, 0.15) is 11.5 Å². The molecule has 1 heterocycles. The molecule has 0 aliphatic rings. The Balaban J connectivity index is 2.20. The molecule has 3 aromatic rings. The molecule has 1 aromatic heterocycles. The number of nitrogens with zero attached hydrogens (tertiary/aromatic N) is 2. The van der Waals surface area contributed by atoms with Crippen LogP contribution in [0.15, 0.2) is 36.4 Å². The molecule has 0 aliphatic carbocycles. The Labute approximate surface area is 178 Å². The zero-order valence-electron chi connectivity index (χ0n) is 19.1. The van der Waals surface area contributed by atoms with Crippen molar-refractivity contribution in [2.45, 2.75) is 47.0 Å². The summed E-state index contributed by atoms with van der Waals surface area (Å²) in [7, 11) is 3.34. The third-order valence-electron chi connectivity index (χ3n) is 5.45. The summed E-state index contributed by atoms with van der Waals surface area (Å²) in [6.45, 7) is 12.0. The second kappa shape index (κ2) is 7.98. The van der Waals surface area contributed by atoms with Crippen LogP contribution in [-0.2, 0) is 5.41 Å². The van der Waals surface area contributed by atoms with E-state index >= 15 is 0 Å². The summed E-state index contributed by atoms with van der Waals surface area (Å²) in [5.41, 5.74) is 6.50. The number of methoxy groups -OCH3 is 2. The van der Waals surface area contributed by atoms with E-state index in [1.165, 1.54) is 11.6 Å². The Bertz CT molecular complexity index is 1100. The molecule has 5 heteroatoms. The van der Waals surface area contributed by atoms with Crippen LogP contribution in [0.4, 0.5) is 0 Å². The zero-order valence-corrected chi connectivity index (χ0v) is 19.1. The Hall–Kier alpha value is -3.08. The molecule has 158 valence electrons. The maximum Gasteiger partial charge on any atom is 0.244 e. The minimum Gasteiger partial charge on any atom is -0.496 e. The fourth-order valence-electron chi connectivity index (χ4n) is 3.61. The fraction of sp³-hybridized carbons (Fsp3) is 0.360. The summed E-state index contributed by atoms with van der Waals surface area (Å²) >= 11 is 0. The van der Waals surface area contributed by atoms with Crippen LogP contribution in [0, 0.1) is 13.8 Å². The predicted molar refractivity (Wildman–Crippen MR) is 121 cm³/mol. The molecular formula is C25H30N2O3. The molecule has 0 fully saturated rings. The molecule has 2 aromatic carbocycles. The first-order chi connectivity index (χ1) is 14.1. The molecule has 0 amide bonds. The number of hydrogen-bond donors (Lipinski definition) is 0. The van der Waals surface area contributed by atoms with Crippen molar-refractivity contribution in [2.24, 2.45) is 0 Å². The highest BCUT2D eigenvalue weighted by molar-refractivity contribution is 5.84. The van der Waals surface area contributed by atoms with Crippen LogP contribution in [0.5, 0.6) is 11.5 Å². The highest BCUT2D eigenvalue weighted by atomic mass is 16.5. The summed E-state index contributed by atoms with van der Waals surface area (Å²) in [4.78, 5) is 12.4. The average molecular weight is 407 g/mol. The summed E-state index contributed by atoms with van der Waals surface area (Å²) in [5.74, 6) is 1.50. The van der Waals surface area contributed by atoms with Crippen LogP contribution in [0.2, 0.25) is 0 Å². The molecule has 0 spiro atoms. The number of benzene rings is 2. The van der Waals surface area contributed by atoms with Gasteiger partial charge in [0.15, 0.2) is 0 Å². The molecular weight excluding hydrogens is 376 g/mol. The lowest BCUT2D eigenvalue weighted by molar-refractivity contribution is 0.0923. The minimum atomic E-state index is -0.139. The number of rotatable bonds is 4. The lowest BCUT2D eigenvalue weighted by Crippen LogP contribution is -2.14. The zero-order chi connectivity index (χ0) is 22.2. The van der Waals surface area contributed by atoms with Gasteiger partial charge in [-0.2, -0.15) is 9.78 Å². The lowest BCUT2D eigenvalue weighted by atomic mass is 9.85. The van der Waals surface area contributed by atoms with E-state index in [9.17, 15) is 4.79 Å². The van der Waals surface area contributed by atoms with Gasteiger partial charge in [0.05, 0.1) is 25.6 Å². The van der Waals surface area contributed by atoms with Gasteiger partial charge in [-0.1, -0.05) is 20.8 Å². The topological polar surface area (TPSA) is 53.4 Å². The number of hydrogen-bond acceptors (Lipinski definition) is 4. The van der Waals surface area contributed by atoms with Crippen LogP contribution in [0.3, 0.4) is 0 Å². The first-order valence-corrected chi connectivity index (χ1v) is 10.0. The van der Waals surface area contributed by atoms with Crippen molar-refractivity contribution in [2.75, 3.05) is 14.2 Å². The molecule has 0 aliphatic heterocycles. The molecule has 0 saturated carbocycles. The van der Waals surface area contributed by atoms with Crippen molar-refractivity contribution in [1.82, 2.24) is 9.78 Å². The molecule has 0 N–H and O–H groups in total. The Morgan fingerprint density at radius 3 is 2.17 bits per heavy atom. The summed E-state index contributed by atoms with van der Waals surface area (Å²) < 4.78 is 12.5. The van der Waals surface area contributed by atoms with Gasteiger partial charge in [-0.25, -0.2) is 0 Å². The minimum absolute atomic E-state index is 0.104. The average Bonchev–Trinajstić information content (AvgIpc) is 3.14. The fourth-order valence-corrected chi connectivity index (χ4v) is 3.61. The maximum atomic E-state index is 12.4. The van der Waals surface area contributed by atoms with E-state index in [1.54, 1.807) is 14.2 Å². The molecule has 0 atom stereocenters. The summed E-state index contributed by atoms with van der Waals surface area (Å²) in [6.07, 6.45) is 0. The Kier molecular flexibility index (Phi) is 5.75. The van der Waals surface area contributed by atoms with E-state index in [0.29, 0.717) is 0 Å². The van der Waals surface area contributed by atoms with Crippen LogP contribution in [0.1, 0.15) is 49.2 Å². The van der Waals surface area contributed by atoms with Crippen LogP contribution in [0.25, 0.3) is 22.5 Å². The monoisotopic (exact) mass is 406 g/mol. The van der Waals surface area contributed by atoms with E-state index in [4.69, 9.17) is 9.47 Å². The highest BCUT2D eigenvalue weighted by Crippen LogP contribution is 2.36. The predicted octanol–water partition coefficient (Wildman–Crippen LogP) is 5.81. The number of carbonyl (C=O) groups is 1. The largest absolute Gasteiger partial charge is 0.496 e. The van der Waals surface area contributed by atoms with Crippen LogP contribution >= 0.6 is 0 Å². The quantitative estimate of drug-likeness (QED) is 0.549. The molecule has 30 heavy (non-hydrogen) atoms. The number of aromatic nitrogens is 2. The highest BCUT2D eigenvalue weighted by Gasteiger charge is 2.22. The van der Waals surface area contributed by atoms with Crippen molar-refractivity contribution in [3.8, 4) is 34.0 Å². The molecule has 5 nitrogen and oxygen atoms in total. The van der Waals surface area contributed by atoms with Crippen molar-refractivity contribution in [3.63, 3.8) is 0 Å². The third kappa shape index (κ3) is 3.97. The van der Waals surface area contributed by atoms with Crippen molar-refractivity contribution in [3.05, 3.63) is 53.1 Å². The number of ether oxygens (including phenoxy) is 2. The van der Waals surface area contributed by atoms with Gasteiger partial charge in [-0.15, -0.1) is 0 Å². The second-order valence-electron chi connectivity index (χ2n) is 8.63. The van der Waals surface area contributed by atoms with Crippen molar-refractivity contribution < 1.29 is 14.3 Å². The van der Waals surface area contributed by atoms with E-state index < -0.39 is 0 Å². The van der Waals surface area contributed by atoms with E-state index in [-0.39, 0.29) is 11.3 Å². The smallest absolute Gasteiger partial charge is 0.244 e. The second-order valence-corrected chi connectivity index (χ2v) is 8.63. The van der Waals surface area contributed by atoms with E-state index in [1.807, 2.05) is 38.1 Å². The summed E-state index contributed by atoms with van der Waals surface area (Å²) in [6, 6.07) is 12.0. The van der Waals surface area contributed by atoms with Gasteiger partial charge in [-0.3, -0.25) is 4.79 Å². The normalized spacial score (nSPS) is 11.5. The first-order valence-electron chi connectivity index (χ1n) is 10.0. The molecule has 0 unspecified atom stereocenters.